The van der Waals surface area contributed by atoms with E-state index >= 15 is 0 Å². The van der Waals surface area contributed by atoms with Crippen molar-refractivity contribution in [3.05, 3.63) is 54.6 Å². The SMILES string of the molecule is O=C(CN1CC[C@H](O)C1)Nc1ccccc1Sc1ccccc1. The Labute approximate surface area is 140 Å². The molecule has 0 unspecified atom stereocenters. The Hall–Kier alpha value is -1.82. The van der Waals surface area contributed by atoms with Crippen LogP contribution < -0.4 is 5.32 Å². The lowest BCUT2D eigenvalue weighted by atomic mass is 10.3. The Morgan fingerprint density at radius 3 is 2.65 bits per heavy atom. The lowest BCUT2D eigenvalue weighted by molar-refractivity contribution is -0.117. The lowest BCUT2D eigenvalue weighted by Crippen LogP contribution is -2.32. The third-order valence-corrected chi connectivity index (χ3v) is 4.83. The number of hydrogen-bond acceptors (Lipinski definition) is 4. The van der Waals surface area contributed by atoms with Gasteiger partial charge in [-0.2, -0.15) is 0 Å². The molecule has 0 spiro atoms. The number of anilines is 1. The minimum atomic E-state index is -0.302. The number of benzene rings is 2. The highest BCUT2D eigenvalue weighted by Gasteiger charge is 2.22. The number of carbonyl (C=O) groups excluding carboxylic acids is 1. The summed E-state index contributed by atoms with van der Waals surface area (Å²) >= 11 is 1.63. The van der Waals surface area contributed by atoms with Gasteiger partial charge in [0.05, 0.1) is 18.3 Å². The smallest absolute Gasteiger partial charge is 0.238 e. The molecule has 0 radical (unpaired) electrons. The summed E-state index contributed by atoms with van der Waals surface area (Å²) in [6.07, 6.45) is 0.442. The second-order valence-electron chi connectivity index (χ2n) is 5.64. The van der Waals surface area contributed by atoms with E-state index in [1.807, 2.05) is 47.4 Å². The highest BCUT2D eigenvalue weighted by atomic mass is 32.2. The van der Waals surface area contributed by atoms with Gasteiger partial charge in [-0.15, -0.1) is 0 Å². The largest absolute Gasteiger partial charge is 0.392 e. The number of nitrogens with zero attached hydrogens (tertiary/aromatic N) is 1. The molecular formula is C18H20N2O2S. The zero-order chi connectivity index (χ0) is 16.1. The number of para-hydroxylation sites is 1. The molecule has 5 heteroatoms. The second-order valence-corrected chi connectivity index (χ2v) is 6.75. The Balaban J connectivity index is 1.64. The number of hydrogen-bond donors (Lipinski definition) is 2. The molecule has 23 heavy (non-hydrogen) atoms. The van der Waals surface area contributed by atoms with Crippen LogP contribution >= 0.6 is 11.8 Å². The summed E-state index contributed by atoms with van der Waals surface area (Å²) in [6, 6.07) is 17.9. The minimum Gasteiger partial charge on any atom is -0.392 e. The normalized spacial score (nSPS) is 18.0. The predicted octanol–water partition coefficient (Wildman–Crippen LogP) is 2.84. The molecule has 1 aliphatic heterocycles. The van der Waals surface area contributed by atoms with Gasteiger partial charge in [0, 0.05) is 22.9 Å². The molecule has 2 aromatic carbocycles. The van der Waals surface area contributed by atoms with Crippen molar-refractivity contribution in [2.75, 3.05) is 25.0 Å². The van der Waals surface area contributed by atoms with Gasteiger partial charge in [0.1, 0.15) is 0 Å². The Morgan fingerprint density at radius 1 is 1.17 bits per heavy atom. The first-order valence-corrected chi connectivity index (χ1v) is 8.54. The molecule has 120 valence electrons. The van der Waals surface area contributed by atoms with Gasteiger partial charge in [0.25, 0.3) is 0 Å². The Bertz CT molecular complexity index is 663. The van der Waals surface area contributed by atoms with Gasteiger partial charge in [0.15, 0.2) is 0 Å². The summed E-state index contributed by atoms with van der Waals surface area (Å²) in [5.74, 6) is -0.0415. The van der Waals surface area contributed by atoms with Crippen molar-refractivity contribution in [3.63, 3.8) is 0 Å². The number of carbonyl (C=O) groups is 1. The van der Waals surface area contributed by atoms with E-state index in [0.29, 0.717) is 13.1 Å². The molecule has 1 saturated heterocycles. The highest BCUT2D eigenvalue weighted by Crippen LogP contribution is 2.33. The molecule has 0 saturated carbocycles. The van der Waals surface area contributed by atoms with E-state index in [1.165, 1.54) is 0 Å². The summed E-state index contributed by atoms with van der Waals surface area (Å²) in [4.78, 5) is 16.4. The number of amides is 1. The molecule has 1 amide bonds. The van der Waals surface area contributed by atoms with Crippen LogP contribution in [-0.4, -0.2) is 41.7 Å². The summed E-state index contributed by atoms with van der Waals surface area (Å²) in [7, 11) is 0. The molecule has 0 bridgehead atoms. The monoisotopic (exact) mass is 328 g/mol. The molecule has 1 aliphatic rings. The molecule has 1 fully saturated rings. The second kappa shape index (κ2) is 7.64. The van der Waals surface area contributed by atoms with E-state index in [2.05, 4.69) is 17.4 Å². The van der Waals surface area contributed by atoms with E-state index < -0.39 is 0 Å². The van der Waals surface area contributed by atoms with Crippen LogP contribution in [0.1, 0.15) is 6.42 Å². The van der Waals surface area contributed by atoms with Crippen LogP contribution in [0, 0.1) is 0 Å². The van der Waals surface area contributed by atoms with Crippen LogP contribution in [0.2, 0.25) is 0 Å². The standard InChI is InChI=1S/C18H20N2O2S/c21-14-10-11-20(12-14)13-18(22)19-16-8-4-5-9-17(16)23-15-6-2-1-3-7-15/h1-9,14,21H,10-13H2,(H,19,22)/t14-/m0/s1. The van der Waals surface area contributed by atoms with Crippen LogP contribution in [0.4, 0.5) is 5.69 Å². The zero-order valence-corrected chi connectivity index (χ0v) is 13.6. The number of β-amino-alcohol motifs (C(OH)–C–C–N with tert-alkyl or cyclic N) is 1. The van der Waals surface area contributed by atoms with E-state index in [-0.39, 0.29) is 12.0 Å². The van der Waals surface area contributed by atoms with Crippen molar-refractivity contribution in [2.45, 2.75) is 22.3 Å². The van der Waals surface area contributed by atoms with Crippen molar-refractivity contribution in [1.82, 2.24) is 4.90 Å². The number of aliphatic hydroxyl groups excluding tert-OH is 1. The van der Waals surface area contributed by atoms with Crippen molar-refractivity contribution in [2.24, 2.45) is 0 Å². The van der Waals surface area contributed by atoms with Gasteiger partial charge < -0.3 is 10.4 Å². The fourth-order valence-electron chi connectivity index (χ4n) is 2.62. The highest BCUT2D eigenvalue weighted by molar-refractivity contribution is 7.99. The first-order valence-electron chi connectivity index (χ1n) is 7.73. The van der Waals surface area contributed by atoms with Crippen LogP contribution in [0.25, 0.3) is 0 Å². The minimum absolute atomic E-state index is 0.0415. The Kier molecular flexibility index (Phi) is 5.33. The summed E-state index contributed by atoms with van der Waals surface area (Å²) < 4.78 is 0. The van der Waals surface area contributed by atoms with Crippen LogP contribution in [-0.2, 0) is 4.79 Å². The average Bonchev–Trinajstić information content (AvgIpc) is 2.95. The summed E-state index contributed by atoms with van der Waals surface area (Å²) in [5.41, 5.74) is 0.825. The molecule has 2 N–H and O–H groups in total. The number of aliphatic hydroxyl groups is 1. The molecule has 2 aromatic rings. The van der Waals surface area contributed by atoms with Crippen LogP contribution in [0.5, 0.6) is 0 Å². The van der Waals surface area contributed by atoms with E-state index in [9.17, 15) is 9.90 Å². The summed E-state index contributed by atoms with van der Waals surface area (Å²) in [5, 5.41) is 12.5. The van der Waals surface area contributed by atoms with Gasteiger partial charge >= 0.3 is 0 Å². The van der Waals surface area contributed by atoms with Gasteiger partial charge in [-0.25, -0.2) is 0 Å². The van der Waals surface area contributed by atoms with Gasteiger partial charge in [0.2, 0.25) is 5.91 Å². The van der Waals surface area contributed by atoms with E-state index in [0.717, 1.165) is 28.4 Å². The first-order chi connectivity index (χ1) is 11.2. The average molecular weight is 328 g/mol. The molecule has 1 heterocycles. The third-order valence-electron chi connectivity index (χ3n) is 3.75. The topological polar surface area (TPSA) is 52.6 Å². The van der Waals surface area contributed by atoms with E-state index in [1.54, 1.807) is 11.8 Å². The van der Waals surface area contributed by atoms with Crippen molar-refractivity contribution >= 4 is 23.4 Å². The molecule has 0 aliphatic carbocycles. The Morgan fingerprint density at radius 2 is 1.91 bits per heavy atom. The molecule has 4 nitrogen and oxygen atoms in total. The van der Waals surface area contributed by atoms with E-state index in [4.69, 9.17) is 0 Å². The van der Waals surface area contributed by atoms with Crippen molar-refractivity contribution < 1.29 is 9.90 Å². The number of nitrogens with one attached hydrogen (secondary N) is 1. The van der Waals surface area contributed by atoms with Crippen molar-refractivity contribution in [1.29, 1.82) is 0 Å². The van der Waals surface area contributed by atoms with Crippen molar-refractivity contribution in [3.8, 4) is 0 Å². The molecular weight excluding hydrogens is 308 g/mol. The molecule has 0 aromatic heterocycles. The maximum atomic E-state index is 12.2. The molecule has 3 rings (SSSR count). The van der Waals surface area contributed by atoms with Gasteiger partial charge in [-0.3, -0.25) is 9.69 Å². The first kappa shape index (κ1) is 16.1. The van der Waals surface area contributed by atoms with Gasteiger partial charge in [-0.05, 0) is 30.7 Å². The maximum Gasteiger partial charge on any atom is 0.238 e. The lowest BCUT2D eigenvalue weighted by Gasteiger charge is -2.16. The summed E-state index contributed by atoms with van der Waals surface area (Å²) in [6.45, 7) is 1.67. The van der Waals surface area contributed by atoms with Crippen LogP contribution in [0.15, 0.2) is 64.4 Å². The maximum absolute atomic E-state index is 12.2. The van der Waals surface area contributed by atoms with Crippen LogP contribution in [0.3, 0.4) is 0 Å². The number of likely N-dealkylation sites (tertiary alicyclic amines) is 1. The fraction of sp³-hybridized carbons (Fsp3) is 0.278. The third kappa shape index (κ3) is 4.58. The molecule has 1 atom stereocenters. The predicted molar refractivity (Wildman–Crippen MR) is 92.7 cm³/mol. The van der Waals surface area contributed by atoms with Gasteiger partial charge in [-0.1, -0.05) is 42.1 Å². The zero-order valence-electron chi connectivity index (χ0n) is 12.8. The fourth-order valence-corrected chi connectivity index (χ4v) is 3.55. The number of rotatable bonds is 5. The quantitative estimate of drug-likeness (QED) is 0.886.